The van der Waals surface area contributed by atoms with Crippen molar-refractivity contribution in [1.29, 1.82) is 0 Å². The Morgan fingerprint density at radius 1 is 1.21 bits per heavy atom. The quantitative estimate of drug-likeness (QED) is 0.507. The third-order valence-electron chi connectivity index (χ3n) is 3.37. The van der Waals surface area contributed by atoms with E-state index < -0.39 is 5.82 Å². The topological polar surface area (TPSA) is 57.0 Å². The van der Waals surface area contributed by atoms with Crippen molar-refractivity contribution in [2.75, 3.05) is 12.9 Å². The molecule has 0 saturated carbocycles. The monoisotopic (exact) mass is 343 g/mol. The van der Waals surface area contributed by atoms with E-state index >= 15 is 0 Å². The van der Waals surface area contributed by atoms with Gasteiger partial charge in [-0.15, -0.1) is 10.2 Å². The zero-order valence-electron chi connectivity index (χ0n) is 12.8. The van der Waals surface area contributed by atoms with Gasteiger partial charge in [-0.2, -0.15) is 0 Å². The Morgan fingerprint density at radius 3 is 2.67 bits per heavy atom. The molecule has 2 aromatic carbocycles. The summed E-state index contributed by atoms with van der Waals surface area (Å²) in [4.78, 5) is 12.2. The van der Waals surface area contributed by atoms with Crippen molar-refractivity contribution in [2.24, 2.45) is 0 Å². The summed E-state index contributed by atoms with van der Waals surface area (Å²) in [6.45, 7) is 0. The number of nitrogens with zero attached hydrogens (tertiary/aromatic N) is 3. The average Bonchev–Trinajstić information content (AvgIpc) is 3.08. The average molecular weight is 343 g/mol. The molecule has 5 nitrogen and oxygen atoms in total. The third kappa shape index (κ3) is 3.46. The number of hydrogen-bond donors (Lipinski definition) is 0. The molecule has 1 aromatic heterocycles. The number of benzene rings is 2. The molecular weight excluding hydrogens is 329 g/mol. The Labute approximate surface area is 142 Å². The van der Waals surface area contributed by atoms with Gasteiger partial charge in [-0.1, -0.05) is 23.9 Å². The SMILES string of the molecule is COc1ccc(-n2cnnc2SCC(=O)c2ccccc2F)cc1. The second-order valence-corrected chi connectivity index (χ2v) is 5.82. The van der Waals surface area contributed by atoms with E-state index in [1.54, 1.807) is 30.1 Å². The highest BCUT2D eigenvalue weighted by atomic mass is 32.2. The summed E-state index contributed by atoms with van der Waals surface area (Å²) in [6.07, 6.45) is 1.57. The molecule has 7 heteroatoms. The minimum atomic E-state index is -0.514. The molecule has 24 heavy (non-hydrogen) atoms. The van der Waals surface area contributed by atoms with E-state index in [-0.39, 0.29) is 17.1 Å². The van der Waals surface area contributed by atoms with Crippen molar-refractivity contribution < 1.29 is 13.9 Å². The van der Waals surface area contributed by atoms with Crippen LogP contribution in [0.4, 0.5) is 4.39 Å². The van der Waals surface area contributed by atoms with E-state index in [2.05, 4.69) is 10.2 Å². The standard InChI is InChI=1S/C17H14FN3O2S/c1-23-13-8-6-12(7-9-13)21-11-19-20-17(21)24-10-16(22)14-4-2-3-5-15(14)18/h2-9,11H,10H2,1H3. The number of hydrogen-bond acceptors (Lipinski definition) is 5. The lowest BCUT2D eigenvalue weighted by Crippen LogP contribution is -2.06. The number of aromatic nitrogens is 3. The van der Waals surface area contributed by atoms with Gasteiger partial charge in [0.05, 0.1) is 18.4 Å². The normalized spacial score (nSPS) is 10.6. The number of methoxy groups -OCH3 is 1. The van der Waals surface area contributed by atoms with E-state index in [0.29, 0.717) is 5.16 Å². The predicted octanol–water partition coefficient (Wildman–Crippen LogP) is 3.39. The van der Waals surface area contributed by atoms with Gasteiger partial charge in [0.2, 0.25) is 0 Å². The first-order valence-electron chi connectivity index (χ1n) is 7.14. The van der Waals surface area contributed by atoms with Gasteiger partial charge in [-0.05, 0) is 36.4 Å². The van der Waals surface area contributed by atoms with E-state index in [9.17, 15) is 9.18 Å². The molecule has 0 atom stereocenters. The van der Waals surface area contributed by atoms with Crippen LogP contribution >= 0.6 is 11.8 Å². The van der Waals surface area contributed by atoms with Crippen LogP contribution in [0.3, 0.4) is 0 Å². The summed E-state index contributed by atoms with van der Waals surface area (Å²) in [6, 6.07) is 13.3. The first-order valence-corrected chi connectivity index (χ1v) is 8.12. The molecule has 0 N–H and O–H groups in total. The van der Waals surface area contributed by atoms with Gasteiger partial charge in [-0.3, -0.25) is 9.36 Å². The van der Waals surface area contributed by atoms with Crippen LogP contribution < -0.4 is 4.74 Å². The highest BCUT2D eigenvalue weighted by Crippen LogP contribution is 2.22. The summed E-state index contributed by atoms with van der Waals surface area (Å²) >= 11 is 1.21. The van der Waals surface area contributed by atoms with Gasteiger partial charge in [0.15, 0.2) is 10.9 Å². The largest absolute Gasteiger partial charge is 0.497 e. The number of thioether (sulfide) groups is 1. The molecule has 0 aliphatic heterocycles. The van der Waals surface area contributed by atoms with Crippen molar-refractivity contribution >= 4 is 17.5 Å². The molecule has 0 aliphatic carbocycles. The molecule has 0 fully saturated rings. The van der Waals surface area contributed by atoms with Crippen LogP contribution in [0.5, 0.6) is 5.75 Å². The van der Waals surface area contributed by atoms with Crippen LogP contribution in [-0.4, -0.2) is 33.4 Å². The predicted molar refractivity (Wildman–Crippen MR) is 89.4 cm³/mol. The Kier molecular flexibility index (Phi) is 4.90. The molecule has 0 bridgehead atoms. The number of carbonyl (C=O) groups excluding carboxylic acids is 1. The smallest absolute Gasteiger partial charge is 0.196 e. The number of carbonyl (C=O) groups is 1. The lowest BCUT2D eigenvalue weighted by atomic mass is 10.1. The second-order valence-electron chi connectivity index (χ2n) is 4.87. The van der Waals surface area contributed by atoms with Crippen molar-refractivity contribution in [1.82, 2.24) is 14.8 Å². The summed E-state index contributed by atoms with van der Waals surface area (Å²) in [5.41, 5.74) is 0.933. The van der Waals surface area contributed by atoms with Crippen LogP contribution in [-0.2, 0) is 0 Å². The number of halogens is 1. The van der Waals surface area contributed by atoms with Crippen molar-refractivity contribution in [2.45, 2.75) is 5.16 Å². The van der Waals surface area contributed by atoms with Gasteiger partial charge in [0.1, 0.15) is 17.9 Å². The van der Waals surface area contributed by atoms with Crippen LogP contribution in [0.25, 0.3) is 5.69 Å². The molecular formula is C17H14FN3O2S. The summed E-state index contributed by atoms with van der Waals surface area (Å²) in [7, 11) is 1.60. The van der Waals surface area contributed by atoms with Crippen LogP contribution in [0, 0.1) is 5.82 Å². The molecule has 122 valence electrons. The summed E-state index contributed by atoms with van der Waals surface area (Å²) in [5.74, 6) is 0.0216. The summed E-state index contributed by atoms with van der Waals surface area (Å²) < 4.78 is 20.5. The number of ether oxygens (including phenoxy) is 1. The summed E-state index contributed by atoms with van der Waals surface area (Å²) in [5, 5.41) is 8.47. The molecule has 3 aromatic rings. The van der Waals surface area contributed by atoms with Crippen molar-refractivity contribution in [3.63, 3.8) is 0 Å². The fourth-order valence-corrected chi connectivity index (χ4v) is 2.95. The number of rotatable bonds is 6. The van der Waals surface area contributed by atoms with Crippen LogP contribution in [0.1, 0.15) is 10.4 Å². The fourth-order valence-electron chi connectivity index (χ4n) is 2.14. The molecule has 1 heterocycles. The van der Waals surface area contributed by atoms with Crippen molar-refractivity contribution in [3.05, 3.63) is 66.2 Å². The Hall–Kier alpha value is -2.67. The zero-order chi connectivity index (χ0) is 16.9. The highest BCUT2D eigenvalue weighted by Gasteiger charge is 2.14. The Balaban J connectivity index is 1.74. The third-order valence-corrected chi connectivity index (χ3v) is 4.32. The maximum atomic E-state index is 13.6. The highest BCUT2D eigenvalue weighted by molar-refractivity contribution is 7.99. The van der Waals surface area contributed by atoms with Gasteiger partial charge in [0.25, 0.3) is 0 Å². The van der Waals surface area contributed by atoms with Gasteiger partial charge < -0.3 is 4.74 Å². The van der Waals surface area contributed by atoms with Gasteiger partial charge in [-0.25, -0.2) is 4.39 Å². The molecule has 0 unspecified atom stereocenters. The first kappa shape index (κ1) is 16.2. The number of ketones is 1. The van der Waals surface area contributed by atoms with Crippen LogP contribution in [0.15, 0.2) is 60.0 Å². The lowest BCUT2D eigenvalue weighted by molar-refractivity contribution is 0.101. The molecule has 3 rings (SSSR count). The Bertz CT molecular complexity index is 849. The van der Waals surface area contributed by atoms with Crippen molar-refractivity contribution in [3.8, 4) is 11.4 Å². The van der Waals surface area contributed by atoms with Gasteiger partial charge in [0, 0.05) is 5.69 Å². The van der Waals surface area contributed by atoms with E-state index in [1.807, 2.05) is 24.3 Å². The molecule has 0 amide bonds. The maximum absolute atomic E-state index is 13.6. The molecule has 0 spiro atoms. The molecule has 0 saturated heterocycles. The second kappa shape index (κ2) is 7.27. The zero-order valence-corrected chi connectivity index (χ0v) is 13.7. The van der Waals surface area contributed by atoms with E-state index in [0.717, 1.165) is 11.4 Å². The van der Waals surface area contributed by atoms with E-state index in [4.69, 9.17) is 4.74 Å². The maximum Gasteiger partial charge on any atom is 0.196 e. The lowest BCUT2D eigenvalue weighted by Gasteiger charge is -2.07. The minimum Gasteiger partial charge on any atom is -0.497 e. The van der Waals surface area contributed by atoms with Crippen LogP contribution in [0.2, 0.25) is 0 Å². The Morgan fingerprint density at radius 2 is 1.96 bits per heavy atom. The number of Topliss-reactive ketones (excluding diaryl/α,β-unsaturated/α-hetero) is 1. The first-order chi connectivity index (χ1) is 11.7. The molecule has 0 radical (unpaired) electrons. The minimum absolute atomic E-state index is 0.0791. The fraction of sp³-hybridized carbons (Fsp3) is 0.118. The van der Waals surface area contributed by atoms with Gasteiger partial charge >= 0.3 is 0 Å². The molecule has 0 aliphatic rings. The van der Waals surface area contributed by atoms with E-state index in [1.165, 1.54) is 23.9 Å².